The molecule has 1 fully saturated rings. The lowest BCUT2D eigenvalue weighted by Gasteiger charge is -2.34. The maximum Gasteiger partial charge on any atom is 0.0550 e. The summed E-state index contributed by atoms with van der Waals surface area (Å²) in [7, 11) is 0. The normalized spacial score (nSPS) is 15.4. The van der Waals surface area contributed by atoms with Crippen LogP contribution < -0.4 is 10.6 Å². The maximum absolute atomic E-state index is 6.32. The Morgan fingerprint density at radius 3 is 2.39 bits per heavy atom. The van der Waals surface area contributed by atoms with Crippen molar-refractivity contribution in [2.45, 2.75) is 25.8 Å². The fraction of sp³-hybridized carbons (Fsp3) is 0.240. The van der Waals surface area contributed by atoms with Crippen molar-refractivity contribution in [2.24, 2.45) is 5.73 Å². The molecule has 3 nitrogen and oxygen atoms in total. The molecule has 1 saturated heterocycles. The van der Waals surface area contributed by atoms with Gasteiger partial charge in [-0.25, -0.2) is 0 Å². The number of anilines is 1. The van der Waals surface area contributed by atoms with E-state index in [0.29, 0.717) is 10.0 Å². The number of hydrogen-bond acceptors (Lipinski definition) is 3. The summed E-state index contributed by atoms with van der Waals surface area (Å²) >= 11 is 18.8. The van der Waals surface area contributed by atoms with E-state index in [4.69, 9.17) is 40.5 Å². The molecular formula is C25H24Cl3N3. The number of allylic oxidation sites excluding steroid dienone is 1. The molecule has 2 heterocycles. The number of rotatable bonds is 4. The number of nitrogens with zero attached hydrogens (tertiary/aromatic N) is 2. The van der Waals surface area contributed by atoms with Gasteiger partial charge in [0.1, 0.15) is 0 Å². The van der Waals surface area contributed by atoms with Gasteiger partial charge in [-0.15, -0.1) is 0 Å². The largest absolute Gasteiger partial charge is 0.370 e. The van der Waals surface area contributed by atoms with Gasteiger partial charge >= 0.3 is 0 Å². The summed E-state index contributed by atoms with van der Waals surface area (Å²) in [6.45, 7) is 3.87. The molecule has 0 unspecified atom stereocenters. The Bertz CT molecular complexity index is 1100. The SMILES string of the molecule is C/C(=C\c1cncc(-c2cc(Cl)cc(Cl)c2)c1N1CCC(N)CC1)c1cccc(Cl)c1. The van der Waals surface area contributed by atoms with Crippen LogP contribution in [0.25, 0.3) is 22.8 Å². The Hall–Kier alpha value is -2.04. The lowest BCUT2D eigenvalue weighted by Crippen LogP contribution is -2.40. The van der Waals surface area contributed by atoms with Gasteiger partial charge in [-0.2, -0.15) is 0 Å². The molecule has 4 rings (SSSR count). The summed E-state index contributed by atoms with van der Waals surface area (Å²) in [5.74, 6) is 0. The van der Waals surface area contributed by atoms with Crippen molar-refractivity contribution >= 4 is 52.1 Å². The molecule has 0 spiro atoms. The number of nitrogens with two attached hydrogens (primary N) is 1. The van der Waals surface area contributed by atoms with Crippen LogP contribution in [0.4, 0.5) is 5.69 Å². The minimum atomic E-state index is 0.245. The van der Waals surface area contributed by atoms with Crippen LogP contribution in [0.2, 0.25) is 15.1 Å². The molecule has 0 aliphatic carbocycles. The number of benzene rings is 2. The van der Waals surface area contributed by atoms with Crippen molar-refractivity contribution in [3.05, 3.63) is 81.1 Å². The van der Waals surface area contributed by atoms with E-state index in [0.717, 1.165) is 64.5 Å². The van der Waals surface area contributed by atoms with E-state index < -0.39 is 0 Å². The van der Waals surface area contributed by atoms with Gasteiger partial charge in [-0.05, 0) is 72.9 Å². The lowest BCUT2D eigenvalue weighted by atomic mass is 9.97. The van der Waals surface area contributed by atoms with E-state index in [1.165, 1.54) is 0 Å². The molecule has 0 atom stereocenters. The van der Waals surface area contributed by atoms with E-state index >= 15 is 0 Å². The van der Waals surface area contributed by atoms with Crippen LogP contribution in [-0.4, -0.2) is 24.1 Å². The molecule has 6 heteroatoms. The van der Waals surface area contributed by atoms with Crippen LogP contribution in [-0.2, 0) is 0 Å². The number of aromatic nitrogens is 1. The zero-order valence-electron chi connectivity index (χ0n) is 17.3. The lowest BCUT2D eigenvalue weighted by molar-refractivity contribution is 0.501. The molecule has 2 N–H and O–H groups in total. The number of halogens is 3. The molecule has 1 aliphatic rings. The van der Waals surface area contributed by atoms with E-state index in [-0.39, 0.29) is 6.04 Å². The highest BCUT2D eigenvalue weighted by molar-refractivity contribution is 6.35. The molecule has 31 heavy (non-hydrogen) atoms. The average molecular weight is 473 g/mol. The van der Waals surface area contributed by atoms with E-state index in [9.17, 15) is 0 Å². The van der Waals surface area contributed by atoms with Crippen LogP contribution in [0.15, 0.2) is 54.9 Å². The van der Waals surface area contributed by atoms with Crippen LogP contribution in [0, 0.1) is 0 Å². The summed E-state index contributed by atoms with van der Waals surface area (Å²) in [5, 5.41) is 1.92. The Balaban J connectivity index is 1.86. The monoisotopic (exact) mass is 471 g/mol. The molecule has 0 saturated carbocycles. The molecule has 3 aromatic rings. The molecule has 1 aliphatic heterocycles. The summed E-state index contributed by atoms with van der Waals surface area (Å²) in [5.41, 5.74) is 12.5. The first-order valence-corrected chi connectivity index (χ1v) is 11.4. The van der Waals surface area contributed by atoms with Gasteiger partial charge in [0.15, 0.2) is 0 Å². The zero-order valence-corrected chi connectivity index (χ0v) is 19.6. The van der Waals surface area contributed by atoms with Gasteiger partial charge in [-0.1, -0.05) is 46.9 Å². The molecule has 0 bridgehead atoms. The highest BCUT2D eigenvalue weighted by Gasteiger charge is 2.22. The maximum atomic E-state index is 6.32. The first-order valence-electron chi connectivity index (χ1n) is 10.3. The minimum absolute atomic E-state index is 0.245. The smallest absolute Gasteiger partial charge is 0.0550 e. The predicted octanol–water partition coefficient (Wildman–Crippen LogP) is 7.20. The highest BCUT2D eigenvalue weighted by atomic mass is 35.5. The molecule has 1 aromatic heterocycles. The Kier molecular flexibility index (Phi) is 6.88. The fourth-order valence-corrected chi connectivity index (χ4v) is 4.74. The van der Waals surface area contributed by atoms with Crippen LogP contribution >= 0.6 is 34.8 Å². The topological polar surface area (TPSA) is 42.2 Å². The van der Waals surface area contributed by atoms with Gasteiger partial charge in [0, 0.05) is 57.7 Å². The number of piperidine rings is 1. The third-order valence-corrected chi connectivity index (χ3v) is 6.30. The van der Waals surface area contributed by atoms with Crippen LogP contribution in [0.3, 0.4) is 0 Å². The standard InChI is InChI=1S/C25H24Cl3N3/c1-16(17-3-2-4-20(26)10-17)9-19-14-30-15-24(18-11-21(27)13-22(28)12-18)25(19)31-7-5-23(29)6-8-31/h2-4,9-15,23H,5-8,29H2,1H3/b16-9+. The van der Waals surface area contributed by atoms with Crippen molar-refractivity contribution in [2.75, 3.05) is 18.0 Å². The second kappa shape index (κ2) is 9.62. The highest BCUT2D eigenvalue weighted by Crippen LogP contribution is 2.38. The summed E-state index contributed by atoms with van der Waals surface area (Å²) in [6.07, 6.45) is 7.87. The minimum Gasteiger partial charge on any atom is -0.370 e. The van der Waals surface area contributed by atoms with Crippen molar-refractivity contribution < 1.29 is 0 Å². The molecule has 0 radical (unpaired) electrons. The second-order valence-electron chi connectivity index (χ2n) is 7.95. The Labute approximate surface area is 198 Å². The summed E-state index contributed by atoms with van der Waals surface area (Å²) in [4.78, 5) is 6.94. The van der Waals surface area contributed by atoms with E-state index in [1.807, 2.05) is 42.7 Å². The van der Waals surface area contributed by atoms with Crippen molar-refractivity contribution in [1.82, 2.24) is 4.98 Å². The summed E-state index contributed by atoms with van der Waals surface area (Å²) in [6, 6.07) is 13.7. The summed E-state index contributed by atoms with van der Waals surface area (Å²) < 4.78 is 0. The predicted molar refractivity (Wildman–Crippen MR) is 134 cm³/mol. The van der Waals surface area contributed by atoms with Crippen molar-refractivity contribution in [3.63, 3.8) is 0 Å². The van der Waals surface area contributed by atoms with Gasteiger partial charge in [0.25, 0.3) is 0 Å². The first-order chi connectivity index (χ1) is 14.9. The van der Waals surface area contributed by atoms with Gasteiger partial charge in [-0.3, -0.25) is 4.98 Å². The zero-order chi connectivity index (χ0) is 22.0. The quantitative estimate of drug-likeness (QED) is 0.436. The second-order valence-corrected chi connectivity index (χ2v) is 9.25. The van der Waals surface area contributed by atoms with Gasteiger partial charge in [0.2, 0.25) is 0 Å². The van der Waals surface area contributed by atoms with Crippen LogP contribution in [0.5, 0.6) is 0 Å². The Morgan fingerprint density at radius 1 is 1.00 bits per heavy atom. The third kappa shape index (κ3) is 5.24. The van der Waals surface area contributed by atoms with Gasteiger partial charge in [0.05, 0.1) is 5.69 Å². The molecule has 0 amide bonds. The number of hydrogen-bond donors (Lipinski definition) is 1. The van der Waals surface area contributed by atoms with Gasteiger partial charge < -0.3 is 10.6 Å². The first kappa shape index (κ1) is 22.2. The van der Waals surface area contributed by atoms with E-state index in [1.54, 1.807) is 6.07 Å². The molecule has 160 valence electrons. The van der Waals surface area contributed by atoms with E-state index in [2.05, 4.69) is 29.0 Å². The molecular weight excluding hydrogens is 449 g/mol. The third-order valence-electron chi connectivity index (χ3n) is 5.63. The van der Waals surface area contributed by atoms with Crippen molar-refractivity contribution in [3.8, 4) is 11.1 Å². The van der Waals surface area contributed by atoms with Crippen LogP contribution in [0.1, 0.15) is 30.9 Å². The van der Waals surface area contributed by atoms with Crippen molar-refractivity contribution in [1.29, 1.82) is 0 Å². The number of pyridine rings is 1. The fourth-order valence-electron chi connectivity index (χ4n) is 4.02. The Morgan fingerprint density at radius 2 is 1.71 bits per heavy atom. The molecule has 2 aromatic carbocycles. The average Bonchev–Trinajstić information content (AvgIpc) is 2.73.